The van der Waals surface area contributed by atoms with Gasteiger partial charge in [-0.3, -0.25) is 4.68 Å². The highest BCUT2D eigenvalue weighted by atomic mass is 35.5. The molecule has 0 amide bonds. The molecule has 1 atom stereocenters. The van der Waals surface area contributed by atoms with E-state index < -0.39 is 0 Å². The van der Waals surface area contributed by atoms with Crippen LogP contribution >= 0.6 is 11.6 Å². The van der Waals surface area contributed by atoms with Crippen molar-refractivity contribution in [3.8, 4) is 0 Å². The molecule has 0 aliphatic heterocycles. The van der Waals surface area contributed by atoms with Gasteiger partial charge in [0.1, 0.15) is 5.76 Å². The van der Waals surface area contributed by atoms with Crippen LogP contribution in [0.3, 0.4) is 0 Å². The monoisotopic (exact) mass is 267 g/mol. The average molecular weight is 268 g/mol. The van der Waals surface area contributed by atoms with Crippen molar-refractivity contribution in [2.24, 2.45) is 0 Å². The summed E-state index contributed by atoms with van der Waals surface area (Å²) in [6.45, 7) is 7.54. The van der Waals surface area contributed by atoms with Gasteiger partial charge >= 0.3 is 0 Å². The van der Waals surface area contributed by atoms with E-state index in [0.717, 1.165) is 28.7 Å². The summed E-state index contributed by atoms with van der Waals surface area (Å²) in [5, 5.41) is 8.53. The Labute approximate surface area is 112 Å². The number of nitrogens with one attached hydrogen (secondary N) is 1. The first-order valence-corrected chi connectivity index (χ1v) is 6.49. The van der Waals surface area contributed by atoms with Gasteiger partial charge in [-0.25, -0.2) is 0 Å². The number of aromatic nitrogens is 2. The summed E-state index contributed by atoms with van der Waals surface area (Å²) in [6.07, 6.45) is 1.68. The first-order chi connectivity index (χ1) is 8.63. The van der Waals surface area contributed by atoms with Gasteiger partial charge in [-0.15, -0.1) is 0 Å². The lowest BCUT2D eigenvalue weighted by Gasteiger charge is -2.12. The van der Waals surface area contributed by atoms with E-state index in [-0.39, 0.29) is 6.04 Å². The molecule has 2 aromatic rings. The molecule has 5 heteroatoms. The first kappa shape index (κ1) is 13.2. The molecule has 2 aromatic heterocycles. The molecule has 2 rings (SSSR count). The number of hydrogen-bond donors (Lipinski definition) is 1. The molecule has 0 saturated carbocycles. The predicted molar refractivity (Wildman–Crippen MR) is 71.6 cm³/mol. The normalized spacial score (nSPS) is 12.9. The molecule has 1 N–H and O–H groups in total. The van der Waals surface area contributed by atoms with E-state index in [9.17, 15) is 0 Å². The maximum Gasteiger partial charge on any atom is 0.120 e. The van der Waals surface area contributed by atoms with E-state index in [1.807, 2.05) is 23.7 Å². The van der Waals surface area contributed by atoms with E-state index in [1.54, 1.807) is 6.26 Å². The van der Waals surface area contributed by atoms with E-state index >= 15 is 0 Å². The van der Waals surface area contributed by atoms with Crippen LogP contribution in [-0.4, -0.2) is 9.78 Å². The summed E-state index contributed by atoms with van der Waals surface area (Å²) < 4.78 is 7.29. The van der Waals surface area contributed by atoms with Crippen molar-refractivity contribution in [1.82, 2.24) is 15.1 Å². The largest absolute Gasteiger partial charge is 0.468 e. The fourth-order valence-corrected chi connectivity index (χ4v) is 2.13. The second-order valence-corrected chi connectivity index (χ2v) is 4.66. The van der Waals surface area contributed by atoms with Crippen molar-refractivity contribution in [3.05, 3.63) is 40.6 Å². The van der Waals surface area contributed by atoms with Gasteiger partial charge in [0, 0.05) is 13.1 Å². The summed E-state index contributed by atoms with van der Waals surface area (Å²) in [5.74, 6) is 0.922. The van der Waals surface area contributed by atoms with Crippen molar-refractivity contribution in [2.45, 2.75) is 39.9 Å². The number of hydrogen-bond acceptors (Lipinski definition) is 3. The van der Waals surface area contributed by atoms with Gasteiger partial charge in [0.2, 0.25) is 0 Å². The van der Waals surface area contributed by atoms with E-state index in [0.29, 0.717) is 6.54 Å². The summed E-state index contributed by atoms with van der Waals surface area (Å²) in [6, 6.07) is 4.00. The molecule has 0 radical (unpaired) electrons. The smallest absolute Gasteiger partial charge is 0.120 e. The van der Waals surface area contributed by atoms with Crippen LogP contribution in [-0.2, 0) is 13.1 Å². The third-order valence-corrected chi connectivity index (χ3v) is 3.49. The molecule has 0 unspecified atom stereocenters. The minimum Gasteiger partial charge on any atom is -0.468 e. The second-order valence-electron chi connectivity index (χ2n) is 4.28. The maximum absolute atomic E-state index is 6.25. The Kier molecular flexibility index (Phi) is 4.09. The van der Waals surface area contributed by atoms with Gasteiger partial charge in [0.15, 0.2) is 0 Å². The highest BCUT2D eigenvalue weighted by Gasteiger charge is 2.14. The van der Waals surface area contributed by atoms with Crippen LogP contribution in [0.25, 0.3) is 0 Å². The molecule has 2 heterocycles. The molecule has 4 nitrogen and oxygen atoms in total. The number of rotatable bonds is 5. The van der Waals surface area contributed by atoms with Gasteiger partial charge in [-0.05, 0) is 32.9 Å². The first-order valence-electron chi connectivity index (χ1n) is 6.12. The summed E-state index contributed by atoms with van der Waals surface area (Å²) in [4.78, 5) is 0. The van der Waals surface area contributed by atoms with Gasteiger partial charge in [-0.2, -0.15) is 5.10 Å². The van der Waals surface area contributed by atoms with E-state index in [4.69, 9.17) is 16.0 Å². The zero-order valence-corrected chi connectivity index (χ0v) is 11.7. The van der Waals surface area contributed by atoms with Crippen LogP contribution in [0.15, 0.2) is 22.8 Å². The third kappa shape index (κ3) is 2.60. The minimum absolute atomic E-state index is 0.150. The number of halogens is 1. The predicted octanol–water partition coefficient (Wildman–Crippen LogP) is 3.31. The minimum atomic E-state index is 0.150. The lowest BCUT2D eigenvalue weighted by molar-refractivity contribution is 0.424. The number of aryl methyl sites for hydroxylation is 2. The van der Waals surface area contributed by atoms with Gasteiger partial charge in [0.05, 0.1) is 28.7 Å². The Morgan fingerprint density at radius 2 is 2.33 bits per heavy atom. The number of furan rings is 1. The van der Waals surface area contributed by atoms with Gasteiger partial charge in [0.25, 0.3) is 0 Å². The molecule has 0 fully saturated rings. The fraction of sp³-hybridized carbons (Fsp3) is 0.462. The van der Waals surface area contributed by atoms with Crippen LogP contribution in [0.5, 0.6) is 0 Å². The van der Waals surface area contributed by atoms with Crippen molar-refractivity contribution in [3.63, 3.8) is 0 Å². The zero-order valence-electron chi connectivity index (χ0n) is 10.9. The molecule has 0 aliphatic carbocycles. The standard InChI is InChI=1S/C13H18ClN3O/c1-4-17-11(13(14)10(3)16-17)8-15-9(2)12-6-5-7-18-12/h5-7,9,15H,4,8H2,1-3H3/t9-/m0/s1. The average Bonchev–Trinajstić information content (AvgIpc) is 2.97. The van der Waals surface area contributed by atoms with Crippen LogP contribution in [0.1, 0.15) is 37.0 Å². The third-order valence-electron chi connectivity index (χ3n) is 3.00. The Hall–Kier alpha value is -1.26. The summed E-state index contributed by atoms with van der Waals surface area (Å²) in [5.41, 5.74) is 1.90. The van der Waals surface area contributed by atoms with Crippen molar-refractivity contribution in [2.75, 3.05) is 0 Å². The molecule has 0 bridgehead atoms. The summed E-state index contributed by atoms with van der Waals surface area (Å²) >= 11 is 6.25. The zero-order chi connectivity index (χ0) is 13.1. The van der Waals surface area contributed by atoms with Crippen molar-refractivity contribution < 1.29 is 4.42 Å². The van der Waals surface area contributed by atoms with E-state index in [1.165, 1.54) is 0 Å². The lowest BCUT2D eigenvalue weighted by atomic mass is 10.2. The maximum atomic E-state index is 6.25. The molecule has 0 spiro atoms. The Bertz CT molecular complexity index is 505. The molecular formula is C13H18ClN3O. The second kappa shape index (κ2) is 5.59. The van der Waals surface area contributed by atoms with Gasteiger partial charge < -0.3 is 9.73 Å². The van der Waals surface area contributed by atoms with Crippen molar-refractivity contribution >= 4 is 11.6 Å². The SMILES string of the molecule is CCn1nc(C)c(Cl)c1CN[C@@H](C)c1ccco1. The number of nitrogens with zero attached hydrogens (tertiary/aromatic N) is 2. The fourth-order valence-electron chi connectivity index (χ4n) is 1.93. The molecule has 0 aromatic carbocycles. The Morgan fingerprint density at radius 3 is 2.94 bits per heavy atom. The molecular weight excluding hydrogens is 250 g/mol. The van der Waals surface area contributed by atoms with Crippen LogP contribution in [0.4, 0.5) is 0 Å². The molecule has 0 saturated heterocycles. The molecule has 18 heavy (non-hydrogen) atoms. The highest BCUT2D eigenvalue weighted by Crippen LogP contribution is 2.21. The quantitative estimate of drug-likeness (QED) is 0.904. The summed E-state index contributed by atoms with van der Waals surface area (Å²) in [7, 11) is 0. The Balaban J connectivity index is 2.06. The highest BCUT2D eigenvalue weighted by molar-refractivity contribution is 6.31. The van der Waals surface area contributed by atoms with Gasteiger partial charge in [-0.1, -0.05) is 11.6 Å². The van der Waals surface area contributed by atoms with Crippen LogP contribution < -0.4 is 5.32 Å². The Morgan fingerprint density at radius 1 is 1.56 bits per heavy atom. The van der Waals surface area contributed by atoms with Crippen LogP contribution in [0.2, 0.25) is 5.02 Å². The molecule has 0 aliphatic rings. The lowest BCUT2D eigenvalue weighted by Crippen LogP contribution is -2.20. The topological polar surface area (TPSA) is 43.0 Å². The molecule has 98 valence electrons. The van der Waals surface area contributed by atoms with E-state index in [2.05, 4.69) is 24.3 Å². The van der Waals surface area contributed by atoms with Crippen molar-refractivity contribution in [1.29, 1.82) is 0 Å². The van der Waals surface area contributed by atoms with Crippen LogP contribution in [0, 0.1) is 6.92 Å².